The molecule has 0 aliphatic heterocycles. The molecule has 0 radical (unpaired) electrons. The molecule has 5 nitrogen and oxygen atoms in total. The standard InChI is InChI=1S/C12H13N3O2/c1-8-3-4-9(6-13-8)10-5-12(16)15-11(14-10)7-17-2/h3-6H,7H2,1-2H3,(H,14,15,16). The molecule has 0 aromatic carbocycles. The van der Waals surface area contributed by atoms with Gasteiger partial charge in [0.05, 0.1) is 5.69 Å². The van der Waals surface area contributed by atoms with Gasteiger partial charge in [0.25, 0.3) is 5.56 Å². The van der Waals surface area contributed by atoms with Gasteiger partial charge in [0, 0.05) is 30.6 Å². The normalized spacial score (nSPS) is 10.5. The summed E-state index contributed by atoms with van der Waals surface area (Å²) < 4.78 is 4.94. The van der Waals surface area contributed by atoms with Crippen LogP contribution in [0.3, 0.4) is 0 Å². The lowest BCUT2D eigenvalue weighted by Crippen LogP contribution is -2.11. The van der Waals surface area contributed by atoms with Crippen LogP contribution >= 0.6 is 0 Å². The summed E-state index contributed by atoms with van der Waals surface area (Å²) in [4.78, 5) is 22.6. The molecule has 2 rings (SSSR count). The van der Waals surface area contributed by atoms with Crippen LogP contribution < -0.4 is 5.56 Å². The molecule has 88 valence electrons. The van der Waals surface area contributed by atoms with Crippen molar-refractivity contribution in [3.8, 4) is 11.3 Å². The molecule has 17 heavy (non-hydrogen) atoms. The second kappa shape index (κ2) is 4.88. The first-order valence-electron chi connectivity index (χ1n) is 5.21. The first-order valence-corrected chi connectivity index (χ1v) is 5.21. The van der Waals surface area contributed by atoms with Crippen molar-refractivity contribution in [2.24, 2.45) is 0 Å². The first kappa shape index (κ1) is 11.5. The Morgan fingerprint density at radius 1 is 1.41 bits per heavy atom. The number of hydrogen-bond donors (Lipinski definition) is 1. The van der Waals surface area contributed by atoms with Crippen LogP contribution in [0, 0.1) is 6.92 Å². The van der Waals surface area contributed by atoms with Gasteiger partial charge < -0.3 is 9.72 Å². The number of pyridine rings is 1. The maximum atomic E-state index is 11.5. The van der Waals surface area contributed by atoms with Crippen molar-refractivity contribution < 1.29 is 4.74 Å². The summed E-state index contributed by atoms with van der Waals surface area (Å²) >= 11 is 0. The molecule has 2 aromatic heterocycles. The Bertz CT molecular complexity index is 561. The Hall–Kier alpha value is -2.01. The zero-order valence-electron chi connectivity index (χ0n) is 9.73. The monoisotopic (exact) mass is 231 g/mol. The van der Waals surface area contributed by atoms with Crippen molar-refractivity contribution in [3.05, 3.63) is 46.3 Å². The zero-order valence-corrected chi connectivity index (χ0v) is 9.73. The van der Waals surface area contributed by atoms with E-state index < -0.39 is 0 Å². The molecule has 0 amide bonds. The van der Waals surface area contributed by atoms with Gasteiger partial charge in [-0.15, -0.1) is 0 Å². The molecule has 0 fully saturated rings. The third kappa shape index (κ3) is 2.76. The number of nitrogens with zero attached hydrogens (tertiary/aromatic N) is 2. The van der Waals surface area contributed by atoms with Gasteiger partial charge in [0.15, 0.2) is 0 Å². The summed E-state index contributed by atoms with van der Waals surface area (Å²) in [5.74, 6) is 0.510. The Morgan fingerprint density at radius 2 is 2.24 bits per heavy atom. The van der Waals surface area contributed by atoms with Crippen LogP contribution in [-0.2, 0) is 11.3 Å². The molecular formula is C12H13N3O2. The van der Waals surface area contributed by atoms with Crippen LogP contribution in [0.5, 0.6) is 0 Å². The van der Waals surface area contributed by atoms with Gasteiger partial charge in [0.1, 0.15) is 12.4 Å². The van der Waals surface area contributed by atoms with E-state index in [2.05, 4.69) is 15.0 Å². The van der Waals surface area contributed by atoms with Crippen molar-refractivity contribution >= 4 is 0 Å². The summed E-state index contributed by atoms with van der Waals surface area (Å²) in [6.07, 6.45) is 1.70. The fraction of sp³-hybridized carbons (Fsp3) is 0.250. The minimum Gasteiger partial charge on any atom is -0.377 e. The number of ether oxygens (including phenoxy) is 1. The Labute approximate surface area is 98.5 Å². The summed E-state index contributed by atoms with van der Waals surface area (Å²) in [6, 6.07) is 5.22. The maximum absolute atomic E-state index is 11.5. The topological polar surface area (TPSA) is 67.9 Å². The number of aromatic amines is 1. The van der Waals surface area contributed by atoms with E-state index in [0.717, 1.165) is 11.3 Å². The maximum Gasteiger partial charge on any atom is 0.251 e. The van der Waals surface area contributed by atoms with Gasteiger partial charge in [-0.1, -0.05) is 0 Å². The number of aryl methyl sites for hydroxylation is 1. The van der Waals surface area contributed by atoms with Gasteiger partial charge >= 0.3 is 0 Å². The molecule has 2 aromatic rings. The van der Waals surface area contributed by atoms with Gasteiger partial charge in [-0.25, -0.2) is 4.98 Å². The molecule has 0 spiro atoms. The van der Waals surface area contributed by atoms with E-state index in [1.807, 2.05) is 19.1 Å². The van der Waals surface area contributed by atoms with E-state index in [4.69, 9.17) is 4.74 Å². The lowest BCUT2D eigenvalue weighted by atomic mass is 10.2. The van der Waals surface area contributed by atoms with Crippen LogP contribution in [0.25, 0.3) is 11.3 Å². The highest BCUT2D eigenvalue weighted by Crippen LogP contribution is 2.14. The molecule has 2 heterocycles. The number of hydrogen-bond acceptors (Lipinski definition) is 4. The predicted octanol–water partition coefficient (Wildman–Crippen LogP) is 1.29. The largest absolute Gasteiger partial charge is 0.377 e. The molecule has 1 N–H and O–H groups in total. The van der Waals surface area contributed by atoms with Crippen molar-refractivity contribution in [2.45, 2.75) is 13.5 Å². The van der Waals surface area contributed by atoms with Crippen molar-refractivity contribution in [1.29, 1.82) is 0 Å². The van der Waals surface area contributed by atoms with E-state index in [-0.39, 0.29) is 12.2 Å². The molecule has 0 atom stereocenters. The highest BCUT2D eigenvalue weighted by molar-refractivity contribution is 5.57. The second-order valence-electron chi connectivity index (χ2n) is 3.70. The lowest BCUT2D eigenvalue weighted by Gasteiger charge is -2.03. The van der Waals surface area contributed by atoms with Crippen LogP contribution in [0.2, 0.25) is 0 Å². The van der Waals surface area contributed by atoms with E-state index in [9.17, 15) is 4.79 Å². The number of rotatable bonds is 3. The lowest BCUT2D eigenvalue weighted by molar-refractivity contribution is 0.177. The SMILES string of the molecule is COCc1nc(-c2ccc(C)nc2)cc(=O)[nH]1. The van der Waals surface area contributed by atoms with Gasteiger partial charge in [-0.3, -0.25) is 9.78 Å². The Kier molecular flexibility index (Phi) is 3.30. The highest BCUT2D eigenvalue weighted by atomic mass is 16.5. The minimum absolute atomic E-state index is 0.192. The van der Waals surface area contributed by atoms with Crippen LogP contribution in [0.4, 0.5) is 0 Å². The highest BCUT2D eigenvalue weighted by Gasteiger charge is 2.04. The molecular weight excluding hydrogens is 218 g/mol. The first-order chi connectivity index (χ1) is 8.19. The molecule has 0 saturated carbocycles. The van der Waals surface area contributed by atoms with E-state index in [1.54, 1.807) is 13.3 Å². The fourth-order valence-electron chi connectivity index (χ4n) is 1.48. The van der Waals surface area contributed by atoms with E-state index in [1.165, 1.54) is 6.07 Å². The van der Waals surface area contributed by atoms with Crippen molar-refractivity contribution in [2.75, 3.05) is 7.11 Å². The molecule has 0 bridgehead atoms. The number of aromatic nitrogens is 3. The smallest absolute Gasteiger partial charge is 0.251 e. The van der Waals surface area contributed by atoms with E-state index >= 15 is 0 Å². The van der Waals surface area contributed by atoms with Crippen LogP contribution in [-0.4, -0.2) is 22.1 Å². The molecule has 0 unspecified atom stereocenters. The summed E-state index contributed by atoms with van der Waals surface area (Å²) in [5.41, 5.74) is 2.16. The number of H-pyrrole nitrogens is 1. The van der Waals surface area contributed by atoms with Gasteiger partial charge in [-0.05, 0) is 19.1 Å². The third-order valence-corrected chi connectivity index (χ3v) is 2.28. The van der Waals surface area contributed by atoms with E-state index in [0.29, 0.717) is 11.5 Å². The molecule has 0 saturated heterocycles. The Morgan fingerprint density at radius 3 is 2.88 bits per heavy atom. The third-order valence-electron chi connectivity index (χ3n) is 2.28. The number of nitrogens with one attached hydrogen (secondary N) is 1. The summed E-state index contributed by atoms with van der Waals surface area (Å²) in [7, 11) is 1.56. The van der Waals surface area contributed by atoms with Crippen molar-refractivity contribution in [1.82, 2.24) is 15.0 Å². The number of methoxy groups -OCH3 is 1. The quantitative estimate of drug-likeness (QED) is 0.864. The molecule has 0 aliphatic carbocycles. The predicted molar refractivity (Wildman–Crippen MR) is 63.5 cm³/mol. The minimum atomic E-state index is -0.192. The molecule has 0 aliphatic rings. The summed E-state index contributed by atoms with van der Waals surface area (Å²) in [5, 5.41) is 0. The van der Waals surface area contributed by atoms with Crippen LogP contribution in [0.15, 0.2) is 29.2 Å². The van der Waals surface area contributed by atoms with Gasteiger partial charge in [-0.2, -0.15) is 0 Å². The average molecular weight is 231 g/mol. The zero-order chi connectivity index (χ0) is 12.3. The van der Waals surface area contributed by atoms with Crippen LogP contribution in [0.1, 0.15) is 11.5 Å². The molecule has 5 heteroatoms. The summed E-state index contributed by atoms with van der Waals surface area (Å²) in [6.45, 7) is 2.19. The van der Waals surface area contributed by atoms with Crippen molar-refractivity contribution in [3.63, 3.8) is 0 Å². The van der Waals surface area contributed by atoms with Gasteiger partial charge in [0.2, 0.25) is 0 Å². The second-order valence-corrected chi connectivity index (χ2v) is 3.70. The Balaban J connectivity index is 2.44. The average Bonchev–Trinajstić information content (AvgIpc) is 2.29. The fourth-order valence-corrected chi connectivity index (χ4v) is 1.48.